The molecule has 1 heterocycles. The number of nitrogens with zero attached hydrogens (tertiary/aromatic N) is 2. The molecule has 0 bridgehead atoms. The van der Waals surface area contributed by atoms with Crippen molar-refractivity contribution in [1.29, 1.82) is 0 Å². The molecule has 0 spiro atoms. The van der Waals surface area contributed by atoms with Crippen molar-refractivity contribution in [3.63, 3.8) is 0 Å². The number of anilines is 1. The van der Waals surface area contributed by atoms with Crippen LogP contribution in [0, 0.1) is 0 Å². The lowest BCUT2D eigenvalue weighted by Crippen LogP contribution is -1.95. The third-order valence-electron chi connectivity index (χ3n) is 3.04. The van der Waals surface area contributed by atoms with Crippen LogP contribution >= 0.6 is 39.1 Å². The van der Waals surface area contributed by atoms with Crippen molar-refractivity contribution in [3.8, 4) is 16.9 Å². The van der Waals surface area contributed by atoms with Gasteiger partial charge >= 0.3 is 0 Å². The van der Waals surface area contributed by atoms with Gasteiger partial charge in [-0.2, -0.15) is 5.10 Å². The maximum Gasteiger partial charge on any atom is 0.117 e. The highest BCUT2D eigenvalue weighted by molar-refractivity contribution is 9.10. The molecule has 3 rings (SSSR count). The third kappa shape index (κ3) is 2.79. The summed E-state index contributed by atoms with van der Waals surface area (Å²) < 4.78 is 2.63. The molecular weight excluding hydrogens is 373 g/mol. The Hall–Kier alpha value is -1.49. The highest BCUT2D eigenvalue weighted by atomic mass is 79.9. The predicted octanol–water partition coefficient (Wildman–Crippen LogP) is 5.19. The fourth-order valence-electron chi connectivity index (χ4n) is 2.01. The van der Waals surface area contributed by atoms with E-state index in [-0.39, 0.29) is 0 Å². The quantitative estimate of drug-likeness (QED) is 0.662. The smallest absolute Gasteiger partial charge is 0.117 e. The zero-order chi connectivity index (χ0) is 15.0. The van der Waals surface area contributed by atoms with Crippen LogP contribution in [-0.4, -0.2) is 9.78 Å². The summed E-state index contributed by atoms with van der Waals surface area (Å²) in [5, 5.41) is 5.53. The molecule has 0 aliphatic heterocycles. The minimum atomic E-state index is 0.477. The monoisotopic (exact) mass is 381 g/mol. The average Bonchev–Trinajstić information content (AvgIpc) is 2.84. The minimum Gasteiger partial charge on any atom is -0.396 e. The van der Waals surface area contributed by atoms with Gasteiger partial charge in [-0.1, -0.05) is 57.3 Å². The van der Waals surface area contributed by atoms with E-state index in [1.807, 2.05) is 30.3 Å². The molecule has 3 aromatic rings. The molecule has 106 valence electrons. The zero-order valence-corrected chi connectivity index (χ0v) is 13.8. The summed E-state index contributed by atoms with van der Waals surface area (Å²) in [7, 11) is 0. The van der Waals surface area contributed by atoms with Gasteiger partial charge < -0.3 is 5.73 Å². The number of hydrogen-bond donors (Lipinski definition) is 1. The second kappa shape index (κ2) is 5.72. The van der Waals surface area contributed by atoms with E-state index in [4.69, 9.17) is 28.9 Å². The first kappa shape index (κ1) is 14.4. The van der Waals surface area contributed by atoms with E-state index in [1.165, 1.54) is 0 Å². The molecule has 0 saturated carbocycles. The first-order chi connectivity index (χ1) is 10.1. The normalized spacial score (nSPS) is 10.8. The number of benzene rings is 2. The van der Waals surface area contributed by atoms with Gasteiger partial charge in [-0.15, -0.1) is 0 Å². The molecule has 6 heteroatoms. The van der Waals surface area contributed by atoms with E-state index in [0.29, 0.717) is 21.4 Å². The number of halogens is 3. The van der Waals surface area contributed by atoms with Crippen LogP contribution in [0.1, 0.15) is 0 Å². The summed E-state index contributed by atoms with van der Waals surface area (Å²) in [6.07, 6.45) is 1.76. The Morgan fingerprint density at radius 2 is 1.81 bits per heavy atom. The average molecular weight is 383 g/mol. The van der Waals surface area contributed by atoms with Gasteiger partial charge in [-0.25, -0.2) is 4.68 Å². The molecule has 0 radical (unpaired) electrons. The highest BCUT2D eigenvalue weighted by Gasteiger charge is 2.12. The molecule has 0 fully saturated rings. The van der Waals surface area contributed by atoms with Crippen LogP contribution in [0.15, 0.2) is 53.1 Å². The van der Waals surface area contributed by atoms with Gasteiger partial charge in [0, 0.05) is 10.0 Å². The maximum absolute atomic E-state index is 6.08. The number of hydrogen-bond acceptors (Lipinski definition) is 2. The number of nitrogens with two attached hydrogens (primary N) is 1. The topological polar surface area (TPSA) is 43.8 Å². The minimum absolute atomic E-state index is 0.477. The van der Waals surface area contributed by atoms with Crippen LogP contribution in [0.25, 0.3) is 16.9 Å². The largest absolute Gasteiger partial charge is 0.396 e. The van der Waals surface area contributed by atoms with Gasteiger partial charge in [-0.05, 0) is 24.3 Å². The molecule has 0 amide bonds. The number of nitrogen functional groups attached to an aromatic ring is 1. The SMILES string of the molecule is Nc1cn(-c2ccc(Cl)c(Cl)c2)nc1-c1ccccc1Br. The van der Waals surface area contributed by atoms with Crippen molar-refractivity contribution in [2.75, 3.05) is 5.73 Å². The van der Waals surface area contributed by atoms with Crippen LogP contribution in [0.2, 0.25) is 10.0 Å². The first-order valence-electron chi connectivity index (χ1n) is 6.12. The van der Waals surface area contributed by atoms with E-state index in [9.17, 15) is 0 Å². The third-order valence-corrected chi connectivity index (χ3v) is 4.47. The maximum atomic E-state index is 6.08. The van der Waals surface area contributed by atoms with Gasteiger partial charge in [0.2, 0.25) is 0 Å². The van der Waals surface area contributed by atoms with Crippen molar-refractivity contribution in [2.45, 2.75) is 0 Å². The van der Waals surface area contributed by atoms with E-state index in [2.05, 4.69) is 21.0 Å². The van der Waals surface area contributed by atoms with Crippen LogP contribution in [-0.2, 0) is 0 Å². The molecule has 0 unspecified atom stereocenters. The predicted molar refractivity (Wildman–Crippen MR) is 91.1 cm³/mol. The molecule has 0 saturated heterocycles. The molecule has 0 aliphatic rings. The molecule has 2 N–H and O–H groups in total. The summed E-state index contributed by atoms with van der Waals surface area (Å²) in [4.78, 5) is 0. The molecular formula is C15H10BrCl2N3. The Balaban J connectivity index is 2.09. The van der Waals surface area contributed by atoms with Gasteiger partial charge in [0.25, 0.3) is 0 Å². The molecule has 0 aliphatic carbocycles. The van der Waals surface area contributed by atoms with Crippen molar-refractivity contribution in [2.24, 2.45) is 0 Å². The zero-order valence-electron chi connectivity index (χ0n) is 10.7. The standard InChI is InChI=1S/C15H10BrCl2N3/c16-11-4-2-1-3-10(11)15-14(19)8-21(20-15)9-5-6-12(17)13(18)7-9/h1-8H,19H2. The van der Waals surface area contributed by atoms with Gasteiger partial charge in [0.1, 0.15) is 5.69 Å². The number of aromatic nitrogens is 2. The summed E-state index contributed by atoms with van der Waals surface area (Å²) >= 11 is 15.5. The van der Waals surface area contributed by atoms with Crippen molar-refractivity contribution >= 4 is 44.8 Å². The number of rotatable bonds is 2. The Morgan fingerprint density at radius 3 is 2.52 bits per heavy atom. The van der Waals surface area contributed by atoms with Crippen LogP contribution in [0.5, 0.6) is 0 Å². The molecule has 21 heavy (non-hydrogen) atoms. The Labute approximate surface area is 140 Å². The second-order valence-electron chi connectivity index (χ2n) is 4.46. The lowest BCUT2D eigenvalue weighted by molar-refractivity contribution is 0.884. The van der Waals surface area contributed by atoms with Gasteiger partial charge in [-0.3, -0.25) is 0 Å². The summed E-state index contributed by atoms with van der Waals surface area (Å²) in [5.74, 6) is 0. The molecule has 1 aromatic heterocycles. The molecule has 0 atom stereocenters. The van der Waals surface area contributed by atoms with Gasteiger partial charge in [0.05, 0.1) is 27.6 Å². The summed E-state index contributed by atoms with van der Waals surface area (Å²) in [6.45, 7) is 0. The van der Waals surface area contributed by atoms with E-state index >= 15 is 0 Å². The van der Waals surface area contributed by atoms with E-state index < -0.39 is 0 Å². The Bertz CT molecular complexity index is 814. The second-order valence-corrected chi connectivity index (χ2v) is 6.12. The van der Waals surface area contributed by atoms with Crippen LogP contribution in [0.4, 0.5) is 5.69 Å². The first-order valence-corrected chi connectivity index (χ1v) is 7.66. The van der Waals surface area contributed by atoms with Crippen LogP contribution in [0.3, 0.4) is 0 Å². The molecule has 2 aromatic carbocycles. The fourth-order valence-corrected chi connectivity index (χ4v) is 2.77. The molecule has 3 nitrogen and oxygen atoms in total. The Morgan fingerprint density at radius 1 is 1.05 bits per heavy atom. The lowest BCUT2D eigenvalue weighted by Gasteiger charge is -2.03. The van der Waals surface area contributed by atoms with E-state index in [1.54, 1.807) is 23.0 Å². The lowest BCUT2D eigenvalue weighted by atomic mass is 10.1. The Kier molecular flexibility index (Phi) is 3.93. The summed E-state index contributed by atoms with van der Waals surface area (Å²) in [6, 6.07) is 13.1. The van der Waals surface area contributed by atoms with Crippen molar-refractivity contribution in [3.05, 3.63) is 63.2 Å². The van der Waals surface area contributed by atoms with Crippen LogP contribution < -0.4 is 5.73 Å². The highest BCUT2D eigenvalue weighted by Crippen LogP contribution is 2.32. The fraction of sp³-hybridized carbons (Fsp3) is 0. The summed E-state index contributed by atoms with van der Waals surface area (Å²) in [5.41, 5.74) is 9.13. The van der Waals surface area contributed by atoms with Gasteiger partial charge in [0.15, 0.2) is 0 Å². The van der Waals surface area contributed by atoms with E-state index in [0.717, 1.165) is 15.7 Å². The van der Waals surface area contributed by atoms with Crippen molar-refractivity contribution < 1.29 is 0 Å². The van der Waals surface area contributed by atoms with Crippen molar-refractivity contribution in [1.82, 2.24) is 9.78 Å².